The minimum absolute atomic E-state index is 0.113. The fourth-order valence-electron chi connectivity index (χ4n) is 11.0. The summed E-state index contributed by atoms with van der Waals surface area (Å²) in [6.07, 6.45) is 0. The van der Waals surface area contributed by atoms with Crippen LogP contribution in [0.5, 0.6) is 23.0 Å². The van der Waals surface area contributed by atoms with Crippen molar-refractivity contribution >= 4 is 104 Å². The molecule has 0 saturated carbocycles. The summed E-state index contributed by atoms with van der Waals surface area (Å²) >= 11 is 3.73. The maximum atomic E-state index is 6.91. The minimum atomic E-state index is 0.113. The molecule has 0 radical (unpaired) electrons. The molecule has 9 aromatic carbocycles. The van der Waals surface area contributed by atoms with E-state index >= 15 is 0 Å². The summed E-state index contributed by atoms with van der Waals surface area (Å²) in [5, 5.41) is 0. The van der Waals surface area contributed by atoms with E-state index in [0.717, 1.165) is 56.6 Å². The molecule has 286 valence electrons. The Bertz CT molecular complexity index is 3070. The lowest BCUT2D eigenvalue weighted by molar-refractivity contribution is 0.486. The SMILES string of the molecule is c1ccc(N2c3cccc4c3B3c5c(cc(-c6ccc(-c7cc8c9c(c7)Sc7cccc%10c7B9c7c(cccc7N%10c7ccccc7)O8)cc6)cc5Sc5cccc2c53)O4)cc1. The molecule has 0 saturated heterocycles. The maximum absolute atomic E-state index is 6.91. The largest absolute Gasteiger partial charge is 0.458 e. The second kappa shape index (κ2) is 12.3. The first-order chi connectivity index (χ1) is 30.7. The van der Waals surface area contributed by atoms with Crippen LogP contribution >= 0.6 is 23.5 Å². The van der Waals surface area contributed by atoms with Crippen molar-refractivity contribution < 1.29 is 9.47 Å². The lowest BCUT2D eigenvalue weighted by Gasteiger charge is -2.43. The molecule has 6 aliphatic rings. The van der Waals surface area contributed by atoms with Gasteiger partial charge in [0.2, 0.25) is 0 Å². The molecule has 0 fully saturated rings. The number of para-hydroxylation sites is 2. The molecule has 0 aromatic heterocycles. The lowest BCUT2D eigenvalue weighted by Crippen LogP contribution is -2.61. The molecule has 0 unspecified atom stereocenters. The van der Waals surface area contributed by atoms with E-state index in [1.54, 1.807) is 0 Å². The summed E-state index contributed by atoms with van der Waals surface area (Å²) in [4.78, 5) is 9.94. The summed E-state index contributed by atoms with van der Waals surface area (Å²) in [6.45, 7) is 0.227. The predicted molar refractivity (Wildman–Crippen MR) is 257 cm³/mol. The van der Waals surface area contributed by atoms with Crippen molar-refractivity contribution in [1.82, 2.24) is 0 Å². The van der Waals surface area contributed by atoms with Crippen LogP contribution in [0.4, 0.5) is 34.1 Å². The van der Waals surface area contributed by atoms with Gasteiger partial charge in [-0.1, -0.05) is 108 Å². The van der Waals surface area contributed by atoms with Gasteiger partial charge >= 0.3 is 0 Å². The number of hydrogen-bond acceptors (Lipinski definition) is 6. The van der Waals surface area contributed by atoms with E-state index in [9.17, 15) is 0 Å². The van der Waals surface area contributed by atoms with Gasteiger partial charge < -0.3 is 19.3 Å². The molecule has 8 heteroatoms. The Hall–Kier alpha value is -6.99. The second-order valence-corrected chi connectivity index (χ2v) is 18.9. The molecule has 62 heavy (non-hydrogen) atoms. The van der Waals surface area contributed by atoms with Crippen LogP contribution in [0.1, 0.15) is 0 Å². The quantitative estimate of drug-likeness (QED) is 0.164. The van der Waals surface area contributed by atoms with E-state index in [0.29, 0.717) is 0 Å². The Kier molecular flexibility index (Phi) is 6.69. The predicted octanol–water partition coefficient (Wildman–Crippen LogP) is 10.8. The van der Waals surface area contributed by atoms with E-state index in [-0.39, 0.29) is 13.4 Å². The maximum Gasteiger partial charge on any atom is 0.259 e. The smallest absolute Gasteiger partial charge is 0.259 e. The lowest BCUT2D eigenvalue weighted by atomic mass is 9.34. The van der Waals surface area contributed by atoms with E-state index in [1.807, 2.05) is 23.5 Å². The third-order valence-corrected chi connectivity index (χ3v) is 15.8. The number of nitrogens with zero attached hydrogens (tertiary/aromatic N) is 2. The van der Waals surface area contributed by atoms with Crippen molar-refractivity contribution in [1.29, 1.82) is 0 Å². The first kappa shape index (κ1) is 33.7. The van der Waals surface area contributed by atoms with Crippen LogP contribution < -0.4 is 52.1 Å². The number of benzene rings is 9. The van der Waals surface area contributed by atoms with E-state index in [4.69, 9.17) is 9.47 Å². The van der Waals surface area contributed by atoms with Gasteiger partial charge in [-0.3, -0.25) is 0 Å². The summed E-state index contributed by atoms with van der Waals surface area (Å²) in [5.41, 5.74) is 19.6. The number of hydrogen-bond donors (Lipinski definition) is 0. The Morgan fingerprint density at radius 3 is 1.15 bits per heavy atom. The summed E-state index contributed by atoms with van der Waals surface area (Å²) in [7, 11) is 0. The molecule has 6 aliphatic heterocycles. The number of rotatable bonds is 4. The molecule has 0 N–H and O–H groups in total. The molecule has 0 spiro atoms. The van der Waals surface area contributed by atoms with Crippen LogP contribution in [-0.2, 0) is 0 Å². The van der Waals surface area contributed by atoms with Crippen LogP contribution in [0.15, 0.2) is 202 Å². The highest BCUT2D eigenvalue weighted by Crippen LogP contribution is 2.49. The van der Waals surface area contributed by atoms with Gasteiger partial charge in [-0.25, -0.2) is 0 Å². The van der Waals surface area contributed by atoms with Crippen LogP contribution in [0.25, 0.3) is 22.3 Å². The summed E-state index contributed by atoms with van der Waals surface area (Å²) in [5.74, 6) is 3.76. The molecule has 9 aromatic rings. The monoisotopic (exact) mass is 824 g/mol. The first-order valence-corrected chi connectivity index (χ1v) is 22.8. The van der Waals surface area contributed by atoms with Crippen LogP contribution in [0, 0.1) is 0 Å². The van der Waals surface area contributed by atoms with Crippen molar-refractivity contribution in [2.24, 2.45) is 0 Å². The van der Waals surface area contributed by atoms with Gasteiger partial charge in [0.1, 0.15) is 23.0 Å². The van der Waals surface area contributed by atoms with Crippen LogP contribution in [0.3, 0.4) is 0 Å². The Morgan fingerprint density at radius 2 is 0.710 bits per heavy atom. The zero-order chi connectivity index (χ0) is 40.2. The van der Waals surface area contributed by atoms with E-state index in [2.05, 4.69) is 192 Å². The summed E-state index contributed by atoms with van der Waals surface area (Å²) in [6, 6.07) is 66.3. The van der Waals surface area contributed by atoms with Crippen LogP contribution in [0.2, 0.25) is 0 Å². The van der Waals surface area contributed by atoms with Crippen molar-refractivity contribution in [2.45, 2.75) is 19.6 Å². The van der Waals surface area contributed by atoms with E-state index < -0.39 is 0 Å². The molecule has 6 heterocycles. The van der Waals surface area contributed by atoms with Gasteiger partial charge in [0.05, 0.1) is 0 Å². The van der Waals surface area contributed by atoms with Crippen LogP contribution in [-0.4, -0.2) is 13.4 Å². The van der Waals surface area contributed by atoms with Gasteiger partial charge in [0.25, 0.3) is 13.4 Å². The topological polar surface area (TPSA) is 24.9 Å². The second-order valence-electron chi connectivity index (χ2n) is 16.7. The molecule has 0 aliphatic carbocycles. The highest BCUT2D eigenvalue weighted by molar-refractivity contribution is 8.00. The van der Waals surface area contributed by atoms with Gasteiger partial charge in [-0.2, -0.15) is 0 Å². The van der Waals surface area contributed by atoms with Gasteiger partial charge in [0.15, 0.2) is 0 Å². The van der Waals surface area contributed by atoms with Gasteiger partial charge in [-0.15, -0.1) is 0 Å². The van der Waals surface area contributed by atoms with Crippen molar-refractivity contribution in [3.8, 4) is 45.3 Å². The third kappa shape index (κ3) is 4.47. The van der Waals surface area contributed by atoms with Crippen molar-refractivity contribution in [2.75, 3.05) is 9.80 Å². The minimum Gasteiger partial charge on any atom is -0.458 e. The zero-order valence-electron chi connectivity index (χ0n) is 33.0. The Balaban J connectivity index is 0.811. The van der Waals surface area contributed by atoms with Gasteiger partial charge in [0, 0.05) is 53.7 Å². The Morgan fingerprint density at radius 1 is 0.306 bits per heavy atom. The fraction of sp³-hybridized carbons (Fsp3) is 0. The average molecular weight is 825 g/mol. The van der Waals surface area contributed by atoms with Crippen molar-refractivity contribution in [3.63, 3.8) is 0 Å². The third-order valence-electron chi connectivity index (χ3n) is 13.5. The molecular weight excluding hydrogens is 794 g/mol. The molecule has 0 bridgehead atoms. The zero-order valence-corrected chi connectivity index (χ0v) is 34.6. The number of ether oxygens (including phenoxy) is 2. The molecular formula is C54H30B2N2O2S2. The molecule has 0 atom stereocenters. The first-order valence-electron chi connectivity index (χ1n) is 21.1. The van der Waals surface area contributed by atoms with Gasteiger partial charge in [-0.05, 0) is 152 Å². The molecule has 15 rings (SSSR count). The average Bonchev–Trinajstić information content (AvgIpc) is 3.32. The Labute approximate surface area is 367 Å². The molecule has 4 nitrogen and oxygen atoms in total. The number of anilines is 6. The highest BCUT2D eigenvalue weighted by atomic mass is 32.2. The summed E-state index contributed by atoms with van der Waals surface area (Å²) < 4.78 is 13.8. The highest BCUT2D eigenvalue weighted by Gasteiger charge is 2.48. The standard InChI is InChI=1S/C54H30B2N2O2S2/c1-3-11-35(12-4-1)57-37-15-7-19-41-49(37)55-51-39(57)17-9-21-45(51)61-47-29-33(27-43(59-41)53(47)55)31-23-25-32(26-24-31)34-28-44-54-48(30-34)62-46-22-10-18-40-52(46)56(54)50-38(16-8-20-42(50)60-44)58(40)36-13-5-2-6-14-36/h1-30H. The van der Waals surface area contributed by atoms with E-state index in [1.165, 1.54) is 75.1 Å². The fourth-order valence-corrected chi connectivity index (χ4v) is 13.5. The normalized spacial score (nSPS) is 14.5. The molecule has 0 amide bonds. The van der Waals surface area contributed by atoms with Crippen molar-refractivity contribution in [3.05, 3.63) is 182 Å².